The molecule has 0 saturated heterocycles. The molecule has 0 heterocycles. The van der Waals surface area contributed by atoms with Gasteiger partial charge < -0.3 is 5.32 Å². The monoisotopic (exact) mass is 231 g/mol. The molecule has 0 fully saturated rings. The Balaban J connectivity index is 2.26. The number of hydrogen-bond acceptors (Lipinski definition) is 2. The van der Waals surface area contributed by atoms with Crippen LogP contribution >= 0.6 is 0 Å². The molecule has 88 valence electrons. The number of alkyl halides is 3. The summed E-state index contributed by atoms with van der Waals surface area (Å²) in [6.45, 7) is -0.0694. The smallest absolute Gasteiger partial charge is 0.378 e. The minimum absolute atomic E-state index is 0.0694. The Labute approximate surface area is 91.5 Å². The third-order valence-electron chi connectivity index (χ3n) is 1.95. The Hall–Kier alpha value is -1.52. The SMILES string of the molecule is O=C(CCC(F)(F)F)CNc1ccccc1. The molecule has 0 bridgehead atoms. The number of rotatable bonds is 5. The summed E-state index contributed by atoms with van der Waals surface area (Å²) in [5, 5.41) is 2.76. The van der Waals surface area contributed by atoms with Gasteiger partial charge in [0.1, 0.15) is 0 Å². The van der Waals surface area contributed by atoms with Gasteiger partial charge in [-0.25, -0.2) is 0 Å². The Kier molecular flexibility index (Phi) is 4.34. The van der Waals surface area contributed by atoms with Gasteiger partial charge in [-0.3, -0.25) is 4.79 Å². The fourth-order valence-corrected chi connectivity index (χ4v) is 1.13. The largest absolute Gasteiger partial charge is 0.389 e. The summed E-state index contributed by atoms with van der Waals surface area (Å²) in [6.07, 6.45) is -5.78. The molecule has 0 aliphatic heterocycles. The maximum absolute atomic E-state index is 11.8. The topological polar surface area (TPSA) is 29.1 Å². The number of anilines is 1. The van der Waals surface area contributed by atoms with Crippen molar-refractivity contribution in [2.24, 2.45) is 0 Å². The molecule has 0 saturated carbocycles. The molecule has 0 unspecified atom stereocenters. The van der Waals surface area contributed by atoms with Crippen LogP contribution in [0.4, 0.5) is 18.9 Å². The van der Waals surface area contributed by atoms with Crippen LogP contribution in [0, 0.1) is 0 Å². The van der Waals surface area contributed by atoms with E-state index in [1.165, 1.54) is 0 Å². The van der Waals surface area contributed by atoms with Crippen molar-refractivity contribution < 1.29 is 18.0 Å². The summed E-state index contributed by atoms with van der Waals surface area (Å²) in [6, 6.07) is 8.87. The molecule has 0 spiro atoms. The average Bonchev–Trinajstić information content (AvgIpc) is 2.24. The van der Waals surface area contributed by atoms with Gasteiger partial charge in [0.15, 0.2) is 5.78 Å². The third-order valence-corrected chi connectivity index (χ3v) is 1.95. The highest BCUT2D eigenvalue weighted by Crippen LogP contribution is 2.21. The summed E-state index contributed by atoms with van der Waals surface area (Å²) in [4.78, 5) is 11.1. The van der Waals surface area contributed by atoms with Gasteiger partial charge in [0.2, 0.25) is 0 Å². The van der Waals surface area contributed by atoms with Crippen LogP contribution in [0.25, 0.3) is 0 Å². The maximum Gasteiger partial charge on any atom is 0.389 e. The fraction of sp³-hybridized carbons (Fsp3) is 0.364. The summed E-state index contributed by atoms with van der Waals surface area (Å²) in [7, 11) is 0. The molecule has 16 heavy (non-hydrogen) atoms. The Morgan fingerprint density at radius 1 is 1.19 bits per heavy atom. The van der Waals surface area contributed by atoms with Crippen LogP contribution in [0.5, 0.6) is 0 Å². The van der Waals surface area contributed by atoms with Crippen LogP contribution in [0.15, 0.2) is 30.3 Å². The van der Waals surface area contributed by atoms with Crippen molar-refractivity contribution in [2.75, 3.05) is 11.9 Å². The Morgan fingerprint density at radius 2 is 1.81 bits per heavy atom. The summed E-state index contributed by atoms with van der Waals surface area (Å²) in [5.41, 5.74) is 0.725. The van der Waals surface area contributed by atoms with Gasteiger partial charge in [0, 0.05) is 12.1 Å². The minimum atomic E-state index is -4.26. The zero-order valence-corrected chi connectivity index (χ0v) is 8.55. The number of Topliss-reactive ketones (excluding diaryl/α,β-unsaturated/α-hetero) is 1. The molecule has 1 aromatic carbocycles. The van der Waals surface area contributed by atoms with Gasteiger partial charge in [-0.05, 0) is 12.1 Å². The van der Waals surface area contributed by atoms with Crippen LogP contribution in [0.3, 0.4) is 0 Å². The molecule has 0 atom stereocenters. The van der Waals surface area contributed by atoms with E-state index in [2.05, 4.69) is 5.32 Å². The lowest BCUT2D eigenvalue weighted by atomic mass is 10.2. The lowest BCUT2D eigenvalue weighted by Gasteiger charge is -2.07. The quantitative estimate of drug-likeness (QED) is 0.843. The highest BCUT2D eigenvalue weighted by Gasteiger charge is 2.27. The highest BCUT2D eigenvalue weighted by atomic mass is 19.4. The van der Waals surface area contributed by atoms with Crippen molar-refractivity contribution in [1.29, 1.82) is 0 Å². The molecular weight excluding hydrogens is 219 g/mol. The lowest BCUT2D eigenvalue weighted by molar-refractivity contribution is -0.142. The third kappa shape index (κ3) is 5.38. The number of para-hydroxylation sites is 1. The zero-order chi connectivity index (χ0) is 12.0. The number of carbonyl (C=O) groups is 1. The maximum atomic E-state index is 11.8. The van der Waals surface area contributed by atoms with E-state index in [1.54, 1.807) is 24.3 Å². The van der Waals surface area contributed by atoms with E-state index in [4.69, 9.17) is 0 Å². The number of ketones is 1. The van der Waals surface area contributed by atoms with Gasteiger partial charge in [0.25, 0.3) is 0 Å². The zero-order valence-electron chi connectivity index (χ0n) is 8.55. The van der Waals surface area contributed by atoms with Gasteiger partial charge in [0.05, 0.1) is 13.0 Å². The van der Waals surface area contributed by atoms with E-state index in [0.717, 1.165) is 5.69 Å². The van der Waals surface area contributed by atoms with Crippen LogP contribution < -0.4 is 5.32 Å². The first-order valence-electron chi connectivity index (χ1n) is 4.85. The molecule has 2 nitrogen and oxygen atoms in total. The van der Waals surface area contributed by atoms with Crippen molar-refractivity contribution in [3.05, 3.63) is 30.3 Å². The molecule has 0 amide bonds. The van der Waals surface area contributed by atoms with E-state index < -0.39 is 24.8 Å². The normalized spacial score (nSPS) is 11.2. The first kappa shape index (κ1) is 12.5. The van der Waals surface area contributed by atoms with Crippen molar-refractivity contribution in [1.82, 2.24) is 0 Å². The molecule has 0 aliphatic carbocycles. The second-order valence-corrected chi connectivity index (χ2v) is 3.37. The van der Waals surface area contributed by atoms with Crippen molar-refractivity contribution in [3.63, 3.8) is 0 Å². The van der Waals surface area contributed by atoms with Crippen LogP contribution in [0.2, 0.25) is 0 Å². The number of hydrogen-bond donors (Lipinski definition) is 1. The van der Waals surface area contributed by atoms with Gasteiger partial charge in [-0.2, -0.15) is 13.2 Å². The first-order valence-corrected chi connectivity index (χ1v) is 4.85. The molecule has 0 aromatic heterocycles. The van der Waals surface area contributed by atoms with Crippen LogP contribution in [-0.4, -0.2) is 18.5 Å². The van der Waals surface area contributed by atoms with Gasteiger partial charge in [-0.1, -0.05) is 18.2 Å². The number of nitrogens with one attached hydrogen (secondary N) is 1. The predicted molar refractivity (Wildman–Crippen MR) is 55.2 cm³/mol. The Bertz CT molecular complexity index is 335. The van der Waals surface area contributed by atoms with E-state index >= 15 is 0 Å². The second-order valence-electron chi connectivity index (χ2n) is 3.37. The summed E-state index contributed by atoms with van der Waals surface area (Å²) < 4.78 is 35.4. The van der Waals surface area contributed by atoms with Crippen LogP contribution in [-0.2, 0) is 4.79 Å². The molecule has 0 aliphatic rings. The van der Waals surface area contributed by atoms with Crippen molar-refractivity contribution >= 4 is 11.5 Å². The highest BCUT2D eigenvalue weighted by molar-refractivity contribution is 5.82. The first-order chi connectivity index (χ1) is 7.47. The standard InChI is InChI=1S/C11H12F3NO/c12-11(13,14)7-6-10(16)8-15-9-4-2-1-3-5-9/h1-5,15H,6-8H2. The molecule has 1 N–H and O–H groups in total. The predicted octanol–water partition coefficient (Wildman–Crippen LogP) is 3.01. The van der Waals surface area contributed by atoms with Crippen LogP contribution in [0.1, 0.15) is 12.8 Å². The number of carbonyl (C=O) groups excluding carboxylic acids is 1. The van der Waals surface area contributed by atoms with E-state index in [9.17, 15) is 18.0 Å². The fourth-order valence-electron chi connectivity index (χ4n) is 1.13. The van der Waals surface area contributed by atoms with E-state index in [-0.39, 0.29) is 6.54 Å². The molecule has 1 rings (SSSR count). The van der Waals surface area contributed by atoms with E-state index in [1.807, 2.05) is 6.07 Å². The molecule has 5 heteroatoms. The molecule has 0 radical (unpaired) electrons. The average molecular weight is 231 g/mol. The second kappa shape index (κ2) is 5.53. The lowest BCUT2D eigenvalue weighted by Crippen LogP contribution is -2.17. The minimum Gasteiger partial charge on any atom is -0.378 e. The number of halogens is 3. The Morgan fingerprint density at radius 3 is 2.38 bits per heavy atom. The van der Waals surface area contributed by atoms with Crippen molar-refractivity contribution in [3.8, 4) is 0 Å². The van der Waals surface area contributed by atoms with Crippen molar-refractivity contribution in [2.45, 2.75) is 19.0 Å². The van der Waals surface area contributed by atoms with E-state index in [0.29, 0.717) is 0 Å². The number of benzene rings is 1. The molecule has 1 aromatic rings. The van der Waals surface area contributed by atoms with Gasteiger partial charge >= 0.3 is 6.18 Å². The van der Waals surface area contributed by atoms with Gasteiger partial charge in [-0.15, -0.1) is 0 Å². The molecular formula is C11H12F3NO. The summed E-state index contributed by atoms with van der Waals surface area (Å²) in [5.74, 6) is -0.443. The summed E-state index contributed by atoms with van der Waals surface area (Å²) >= 11 is 0.